The minimum Gasteiger partial charge on any atom is -0.348 e. The molecule has 1 aromatic carbocycles. The number of nitrogens with one attached hydrogen (secondary N) is 1. The van der Waals surface area contributed by atoms with Crippen molar-refractivity contribution in [3.8, 4) is 5.69 Å². The van der Waals surface area contributed by atoms with Gasteiger partial charge in [0.25, 0.3) is 0 Å². The van der Waals surface area contributed by atoms with E-state index in [2.05, 4.69) is 15.5 Å². The summed E-state index contributed by atoms with van der Waals surface area (Å²) in [6.07, 6.45) is -1.01. The maximum absolute atomic E-state index is 12.6. The van der Waals surface area contributed by atoms with Crippen molar-refractivity contribution in [2.45, 2.75) is 6.18 Å². The average Bonchev–Trinajstić information content (AvgIpc) is 2.99. The number of aliphatic imine (C=N–C) groups is 1. The number of nitrogens with zero attached hydrogens (tertiary/aromatic N) is 4. The summed E-state index contributed by atoms with van der Waals surface area (Å²) in [5.41, 5.74) is 3.46. The van der Waals surface area contributed by atoms with Crippen molar-refractivity contribution >= 4 is 12.2 Å². The highest BCUT2D eigenvalue weighted by Gasteiger charge is 2.30. The second-order valence-corrected chi connectivity index (χ2v) is 5.16. The first-order valence-electron chi connectivity index (χ1n) is 7.11. The Labute approximate surface area is 138 Å². The first-order valence-corrected chi connectivity index (χ1v) is 7.11. The van der Waals surface area contributed by atoms with Gasteiger partial charge in [0.2, 0.25) is 5.96 Å². The summed E-state index contributed by atoms with van der Waals surface area (Å²) >= 11 is 0. The fourth-order valence-electron chi connectivity index (χ4n) is 2.05. The zero-order valence-corrected chi connectivity index (χ0v) is 13.5. The van der Waals surface area contributed by atoms with Gasteiger partial charge in [-0.2, -0.15) is 18.3 Å². The van der Waals surface area contributed by atoms with Gasteiger partial charge in [0, 0.05) is 33.0 Å². The second-order valence-electron chi connectivity index (χ2n) is 5.16. The molecule has 0 fully saturated rings. The van der Waals surface area contributed by atoms with Crippen LogP contribution in [0.15, 0.2) is 52.7 Å². The number of halogens is 3. The predicted octanol–water partition coefficient (Wildman–Crippen LogP) is 2.97. The lowest BCUT2D eigenvalue weighted by atomic mass is 10.2. The monoisotopic (exact) mass is 337 g/mol. The molecule has 8 heteroatoms. The zero-order valence-electron chi connectivity index (χ0n) is 13.5. The molecule has 1 N–H and O–H groups in total. The fraction of sp³-hybridized carbons (Fsp3) is 0.250. The lowest BCUT2D eigenvalue weighted by Gasteiger charge is -2.13. The Morgan fingerprint density at radius 2 is 1.83 bits per heavy atom. The number of hydrogen-bond donors (Lipinski definition) is 1. The number of benzene rings is 1. The van der Waals surface area contributed by atoms with Gasteiger partial charge in [-0.05, 0) is 36.4 Å². The van der Waals surface area contributed by atoms with Crippen LogP contribution in [0.3, 0.4) is 0 Å². The van der Waals surface area contributed by atoms with Crippen molar-refractivity contribution in [2.24, 2.45) is 10.1 Å². The Hall–Kier alpha value is -2.77. The van der Waals surface area contributed by atoms with Crippen LogP contribution in [0.1, 0.15) is 11.3 Å². The highest BCUT2D eigenvalue weighted by molar-refractivity contribution is 5.83. The molecule has 128 valence electrons. The maximum atomic E-state index is 12.6. The molecule has 1 aromatic heterocycles. The molecule has 0 saturated carbocycles. The Bertz CT molecular complexity index is 727. The molecule has 5 nitrogen and oxygen atoms in total. The summed E-state index contributed by atoms with van der Waals surface area (Å²) < 4.78 is 39.6. The van der Waals surface area contributed by atoms with Crippen LogP contribution in [0.2, 0.25) is 0 Å². The molecule has 0 amide bonds. The van der Waals surface area contributed by atoms with E-state index in [0.717, 1.165) is 17.8 Å². The van der Waals surface area contributed by atoms with Gasteiger partial charge in [0.05, 0.1) is 17.5 Å². The highest BCUT2D eigenvalue weighted by Crippen LogP contribution is 2.29. The number of rotatable bonds is 3. The van der Waals surface area contributed by atoms with Crippen LogP contribution in [-0.4, -0.2) is 42.8 Å². The minimum atomic E-state index is -4.34. The van der Waals surface area contributed by atoms with Gasteiger partial charge in [-0.3, -0.25) is 4.99 Å². The van der Waals surface area contributed by atoms with Crippen LogP contribution in [0.4, 0.5) is 13.2 Å². The molecule has 0 unspecified atom stereocenters. The standard InChI is InChI=1S/C16H18F3N5/c1-20-15(23(2)3)22-21-11-14-5-4-10-24(14)13-8-6-12(7-9-13)16(17,18)19/h4-11H,1-3H3,(H,20,22)/b21-11+. The largest absolute Gasteiger partial charge is 0.416 e. The smallest absolute Gasteiger partial charge is 0.348 e. The van der Waals surface area contributed by atoms with Gasteiger partial charge >= 0.3 is 6.18 Å². The zero-order chi connectivity index (χ0) is 17.7. The SMILES string of the molecule is CN=C(N/N=C/c1cccn1-c1ccc(C(F)(F)F)cc1)N(C)C. The van der Waals surface area contributed by atoms with Crippen LogP contribution in [0.25, 0.3) is 5.69 Å². The molecule has 2 aromatic rings. The number of hydrogen-bond acceptors (Lipinski definition) is 2. The van der Waals surface area contributed by atoms with E-state index in [9.17, 15) is 13.2 Å². The third-order valence-electron chi connectivity index (χ3n) is 3.25. The molecule has 0 aliphatic rings. The van der Waals surface area contributed by atoms with Gasteiger partial charge in [-0.15, -0.1) is 0 Å². The highest BCUT2D eigenvalue weighted by atomic mass is 19.4. The molecule has 0 spiro atoms. The molecule has 24 heavy (non-hydrogen) atoms. The maximum Gasteiger partial charge on any atom is 0.416 e. The van der Waals surface area contributed by atoms with Gasteiger partial charge in [0.1, 0.15) is 0 Å². The normalized spacial score (nSPS) is 12.7. The first-order chi connectivity index (χ1) is 11.3. The third kappa shape index (κ3) is 4.15. The summed E-state index contributed by atoms with van der Waals surface area (Å²) in [5.74, 6) is 0.582. The van der Waals surface area contributed by atoms with E-state index < -0.39 is 11.7 Å². The van der Waals surface area contributed by atoms with Crippen molar-refractivity contribution in [1.29, 1.82) is 0 Å². The summed E-state index contributed by atoms with van der Waals surface area (Å²) in [6.45, 7) is 0. The Balaban J connectivity index is 2.18. The van der Waals surface area contributed by atoms with E-state index >= 15 is 0 Å². The third-order valence-corrected chi connectivity index (χ3v) is 3.25. The fourth-order valence-corrected chi connectivity index (χ4v) is 2.05. The molecule has 0 aliphatic heterocycles. The van der Waals surface area contributed by atoms with Gasteiger partial charge < -0.3 is 9.47 Å². The molecule has 0 bridgehead atoms. The Kier molecular flexibility index (Phi) is 5.28. The molecular formula is C16H18F3N5. The topological polar surface area (TPSA) is 44.9 Å². The summed E-state index contributed by atoms with van der Waals surface area (Å²) in [7, 11) is 5.30. The van der Waals surface area contributed by atoms with Crippen LogP contribution in [0.5, 0.6) is 0 Å². The molecule has 0 radical (unpaired) electrons. The van der Waals surface area contributed by atoms with Crippen molar-refractivity contribution < 1.29 is 13.2 Å². The van der Waals surface area contributed by atoms with Gasteiger partial charge in [-0.1, -0.05) is 0 Å². The number of hydrazone groups is 1. The van der Waals surface area contributed by atoms with Crippen molar-refractivity contribution in [3.63, 3.8) is 0 Å². The van der Waals surface area contributed by atoms with Crippen LogP contribution in [-0.2, 0) is 6.18 Å². The lowest BCUT2D eigenvalue weighted by Crippen LogP contribution is -2.33. The van der Waals surface area contributed by atoms with Crippen LogP contribution in [0, 0.1) is 0 Å². The van der Waals surface area contributed by atoms with E-state index in [4.69, 9.17) is 0 Å². The molecule has 1 heterocycles. The molecule has 0 aliphatic carbocycles. The minimum absolute atomic E-state index is 0.582. The van der Waals surface area contributed by atoms with E-state index in [-0.39, 0.29) is 0 Å². The number of guanidine groups is 1. The molecule has 0 atom stereocenters. The van der Waals surface area contributed by atoms with E-state index in [1.807, 2.05) is 14.1 Å². The van der Waals surface area contributed by atoms with Crippen molar-refractivity contribution in [2.75, 3.05) is 21.1 Å². The van der Waals surface area contributed by atoms with Gasteiger partial charge in [0.15, 0.2) is 0 Å². The first kappa shape index (κ1) is 17.6. The number of aromatic nitrogens is 1. The van der Waals surface area contributed by atoms with E-state index in [1.165, 1.54) is 12.1 Å². The lowest BCUT2D eigenvalue weighted by molar-refractivity contribution is -0.137. The van der Waals surface area contributed by atoms with Crippen LogP contribution < -0.4 is 5.43 Å². The van der Waals surface area contributed by atoms with E-state index in [1.54, 1.807) is 41.1 Å². The molecule has 2 rings (SSSR count). The van der Waals surface area contributed by atoms with Gasteiger partial charge in [-0.25, -0.2) is 5.43 Å². The van der Waals surface area contributed by atoms with Crippen molar-refractivity contribution in [3.05, 3.63) is 53.9 Å². The Morgan fingerprint density at radius 1 is 1.17 bits per heavy atom. The van der Waals surface area contributed by atoms with Crippen LogP contribution >= 0.6 is 0 Å². The average molecular weight is 337 g/mol. The predicted molar refractivity (Wildman–Crippen MR) is 88.5 cm³/mol. The summed E-state index contributed by atoms with van der Waals surface area (Å²) in [5, 5.41) is 4.10. The molecular weight excluding hydrogens is 319 g/mol. The summed E-state index contributed by atoms with van der Waals surface area (Å²) in [6, 6.07) is 8.56. The molecule has 0 saturated heterocycles. The summed E-state index contributed by atoms with van der Waals surface area (Å²) in [4.78, 5) is 5.79. The second kappa shape index (κ2) is 7.20. The number of alkyl halides is 3. The van der Waals surface area contributed by atoms with E-state index in [0.29, 0.717) is 11.6 Å². The Morgan fingerprint density at radius 3 is 2.38 bits per heavy atom. The quantitative estimate of drug-likeness (QED) is 0.532. The van der Waals surface area contributed by atoms with Crippen molar-refractivity contribution in [1.82, 2.24) is 14.9 Å².